The Balaban J connectivity index is 0.000000249. The molecule has 10 rings (SSSR count). The first-order chi connectivity index (χ1) is 51.6. The van der Waals surface area contributed by atoms with Crippen molar-refractivity contribution in [3.63, 3.8) is 0 Å². The molecule has 586 valence electrons. The van der Waals surface area contributed by atoms with Crippen LogP contribution in [0.4, 0.5) is 9.59 Å². The minimum absolute atomic E-state index is 0.0693. The Labute approximate surface area is 631 Å². The van der Waals surface area contributed by atoms with E-state index in [2.05, 4.69) is 31.9 Å². The summed E-state index contributed by atoms with van der Waals surface area (Å²) in [6.45, 7) is 0.753. The van der Waals surface area contributed by atoms with E-state index < -0.39 is 115 Å². The summed E-state index contributed by atoms with van der Waals surface area (Å²) < 4.78 is 58.2. The molecule has 2 saturated heterocycles. The molecule has 4 aromatic carbocycles. The topological polar surface area (TPSA) is 425 Å². The molecule has 7 unspecified atom stereocenters. The number of rotatable bonds is 34. The van der Waals surface area contributed by atoms with Crippen molar-refractivity contribution < 1.29 is 84.2 Å². The number of Topliss-reactive ketones (excluding diaryl/α,β-unsaturated/α-hetero) is 1. The molecule has 10 amide bonds. The highest BCUT2D eigenvalue weighted by Gasteiger charge is 2.55. The van der Waals surface area contributed by atoms with E-state index in [1.807, 2.05) is 60.7 Å². The van der Waals surface area contributed by atoms with Crippen LogP contribution in [0.15, 0.2) is 119 Å². The number of ketones is 1. The highest BCUT2D eigenvalue weighted by Crippen LogP contribution is 2.45. The molecule has 11 atom stereocenters. The Morgan fingerprint density at radius 1 is 0.481 bits per heavy atom. The highest BCUT2D eigenvalue weighted by molar-refractivity contribution is 7.91. The lowest BCUT2D eigenvalue weighted by atomic mass is 9.84. The number of aliphatic hydroxyl groups is 1. The van der Waals surface area contributed by atoms with Gasteiger partial charge in [-0.1, -0.05) is 125 Å². The van der Waals surface area contributed by atoms with Gasteiger partial charge in [-0.25, -0.2) is 26.4 Å². The van der Waals surface area contributed by atoms with Crippen LogP contribution in [-0.2, 0) is 75.9 Å². The van der Waals surface area contributed by atoms with Crippen LogP contribution < -0.4 is 43.4 Å². The number of nitrogens with one attached hydrogen (secondary N) is 6. The third-order valence-electron chi connectivity index (χ3n) is 21.8. The number of unbranched alkanes of at least 4 members (excludes halogenated alkanes) is 2. The van der Waals surface area contributed by atoms with E-state index in [4.69, 9.17) is 20.9 Å². The van der Waals surface area contributed by atoms with Gasteiger partial charge in [-0.2, -0.15) is 0 Å². The zero-order chi connectivity index (χ0) is 77.7. The van der Waals surface area contributed by atoms with Gasteiger partial charge in [0, 0.05) is 48.8 Å². The summed E-state index contributed by atoms with van der Waals surface area (Å²) in [5.41, 5.74) is 12.9. The number of carbonyl (C=O) groups is 11. The second-order valence-corrected chi connectivity index (χ2v) is 33.7. The Bertz CT molecular complexity index is 4030. The molecule has 0 aromatic heterocycles. The van der Waals surface area contributed by atoms with Crippen LogP contribution in [0.3, 0.4) is 0 Å². The maximum Gasteiger partial charge on any atom is 0.407 e. The van der Waals surface area contributed by atoms with Crippen molar-refractivity contribution in [2.45, 2.75) is 232 Å². The number of primary amides is 2. The van der Waals surface area contributed by atoms with Crippen molar-refractivity contribution in [2.75, 3.05) is 25.6 Å². The van der Waals surface area contributed by atoms with Gasteiger partial charge in [-0.15, -0.1) is 0 Å². The lowest BCUT2D eigenvalue weighted by Gasteiger charge is -2.38. The van der Waals surface area contributed by atoms with E-state index in [1.54, 1.807) is 9.80 Å². The van der Waals surface area contributed by atoms with Gasteiger partial charge in [0.05, 0.1) is 21.9 Å². The number of piperidine rings is 2. The normalized spacial score (nSPS) is 21.1. The molecule has 0 radical (unpaired) electrons. The van der Waals surface area contributed by atoms with Gasteiger partial charge in [0.2, 0.25) is 35.3 Å². The van der Waals surface area contributed by atoms with Crippen LogP contribution in [0, 0.1) is 23.7 Å². The Morgan fingerprint density at radius 3 is 1.27 bits per heavy atom. The number of ether oxygens (including phenoxy) is 2. The van der Waals surface area contributed by atoms with Crippen molar-refractivity contribution in [1.82, 2.24) is 41.7 Å². The number of nitrogens with two attached hydrogens (primary N) is 2. The fourth-order valence-electron chi connectivity index (χ4n) is 16.2. The molecule has 4 aromatic rings. The predicted octanol–water partition coefficient (Wildman–Crippen LogP) is 6.14. The number of nitrogens with zero attached hydrogens (tertiary/aromatic N) is 2. The number of hydrogen-bond acceptors (Lipinski definition) is 18. The lowest BCUT2D eigenvalue weighted by Crippen LogP contribution is -2.60. The summed E-state index contributed by atoms with van der Waals surface area (Å²) in [5, 5.41) is 27.4. The van der Waals surface area contributed by atoms with E-state index in [9.17, 15) is 74.7 Å². The summed E-state index contributed by atoms with van der Waals surface area (Å²) in [4.78, 5) is 149. The molecule has 30 heteroatoms. The number of benzene rings is 4. The molecule has 4 aliphatic carbocycles. The van der Waals surface area contributed by atoms with Crippen LogP contribution in [0.1, 0.15) is 186 Å². The molecule has 11 N–H and O–H groups in total. The van der Waals surface area contributed by atoms with E-state index >= 15 is 0 Å². The molecule has 2 heterocycles. The third-order valence-corrected chi connectivity index (χ3v) is 24.1. The summed E-state index contributed by atoms with van der Waals surface area (Å²) >= 11 is 0. The van der Waals surface area contributed by atoms with Crippen LogP contribution in [0.2, 0.25) is 0 Å². The van der Waals surface area contributed by atoms with E-state index in [0.29, 0.717) is 70.6 Å². The summed E-state index contributed by atoms with van der Waals surface area (Å²) in [6, 6.07) is 23.3. The van der Waals surface area contributed by atoms with Crippen molar-refractivity contribution >= 4 is 84.9 Å². The second-order valence-electron chi connectivity index (χ2n) is 29.7. The van der Waals surface area contributed by atoms with E-state index in [1.165, 1.54) is 48.5 Å². The van der Waals surface area contributed by atoms with Gasteiger partial charge >= 0.3 is 12.2 Å². The summed E-state index contributed by atoms with van der Waals surface area (Å²) in [6.07, 6.45) is 16.2. The zero-order valence-electron chi connectivity index (χ0n) is 61.4. The van der Waals surface area contributed by atoms with Gasteiger partial charge in [0.15, 0.2) is 25.8 Å². The molecular weight excluding hydrogens is 1430 g/mol. The first-order valence-corrected chi connectivity index (χ1v) is 41.6. The number of sulfone groups is 2. The molecule has 4 saturated carbocycles. The van der Waals surface area contributed by atoms with Gasteiger partial charge in [-0.3, -0.25) is 43.2 Å². The molecule has 6 aliphatic rings. The standard InChI is InChI=1S/C39H53N5O9S.C39H51N5O9S/c2*1-54(51,52)30-19-16-27(17-20-30)36(47)43-32(22-25-10-4-2-5-11-25)38(49)44-29-18-15-28(23-29)33(44)37(48)42-31(34(45)35(40)46)14-8-9-21-41-39(50)53-24-26-12-6-3-7-13-26/h3,6-7,12-13,16-17,19-20,25,28-29,31-34,45H,2,4-5,8-11,14-15,18,21-24H2,1H3,(H2,40,46)(H,41,50)(H,42,48)(H,43,47);3,6-7,12-13,16-17,19-20,25,28-29,31-33H,2,4-5,8-11,14-15,18,21-24H2,1H3,(H2,40,46)(H,41,50)(H,42,48)(H,43,47)/t28?,29?,31?,32-,33+,34?;28?,29?,31?,32-,33+/m11/s1. The van der Waals surface area contributed by atoms with Gasteiger partial charge < -0.3 is 67.7 Å². The van der Waals surface area contributed by atoms with E-state index in [-0.39, 0.29) is 108 Å². The number of likely N-dealkylation sites (tertiary alicyclic amines) is 2. The number of amides is 10. The monoisotopic (exact) mass is 1530 g/mol. The maximum atomic E-state index is 14.5. The average Bonchev–Trinajstić information content (AvgIpc) is 1.61. The zero-order valence-corrected chi connectivity index (χ0v) is 63.1. The Morgan fingerprint density at radius 2 is 0.880 bits per heavy atom. The third kappa shape index (κ3) is 23.4. The minimum Gasteiger partial charge on any atom is -0.445 e. The molecule has 6 fully saturated rings. The molecule has 4 bridgehead atoms. The smallest absolute Gasteiger partial charge is 0.407 e. The van der Waals surface area contributed by atoms with Gasteiger partial charge in [-0.05, 0) is 173 Å². The predicted molar refractivity (Wildman–Crippen MR) is 398 cm³/mol. The number of alkyl carbamates (subject to hydrolysis) is 2. The first kappa shape index (κ1) is 82.8. The summed E-state index contributed by atoms with van der Waals surface area (Å²) in [5.74, 6) is -5.86. The molecule has 108 heavy (non-hydrogen) atoms. The molecular formula is C78H104N10O18S2. The fraction of sp³-hybridized carbons (Fsp3) is 0.551. The minimum atomic E-state index is -3.47. The molecule has 0 spiro atoms. The highest BCUT2D eigenvalue weighted by atomic mass is 32.2. The number of carbonyl (C=O) groups excluding carboxylic acids is 11. The molecule has 28 nitrogen and oxygen atoms in total. The van der Waals surface area contributed by atoms with Crippen molar-refractivity contribution in [2.24, 2.45) is 35.1 Å². The molecule has 2 aliphatic heterocycles. The van der Waals surface area contributed by atoms with Crippen LogP contribution in [0.5, 0.6) is 0 Å². The summed E-state index contributed by atoms with van der Waals surface area (Å²) in [7, 11) is -6.93. The quantitative estimate of drug-likeness (QED) is 0.0187. The second kappa shape index (κ2) is 39.2. The lowest BCUT2D eigenvalue weighted by molar-refractivity contribution is -0.146. The van der Waals surface area contributed by atoms with Crippen LogP contribution >= 0.6 is 0 Å². The largest absolute Gasteiger partial charge is 0.445 e. The van der Waals surface area contributed by atoms with Gasteiger partial charge in [0.25, 0.3) is 17.7 Å². The number of fused-ring (bicyclic) bond motifs is 4. The Hall–Kier alpha value is -9.29. The maximum absolute atomic E-state index is 14.5. The van der Waals surface area contributed by atoms with Crippen molar-refractivity contribution in [3.05, 3.63) is 131 Å². The van der Waals surface area contributed by atoms with Crippen LogP contribution in [-0.4, -0.2) is 177 Å². The number of hydrogen-bond donors (Lipinski definition) is 9. The van der Waals surface area contributed by atoms with Crippen LogP contribution in [0.25, 0.3) is 0 Å². The first-order valence-electron chi connectivity index (χ1n) is 37.8. The fourth-order valence-corrected chi connectivity index (χ4v) is 17.4. The van der Waals surface area contributed by atoms with Crippen molar-refractivity contribution in [3.8, 4) is 0 Å². The van der Waals surface area contributed by atoms with E-state index in [0.717, 1.165) is 94.3 Å². The average molecular weight is 1530 g/mol. The SMILES string of the molecule is CS(=O)(=O)c1ccc(C(=O)N[C@H](CC2CCCCC2)C(=O)N2C3CCC(C3)[C@H]2C(=O)NC(CCCCNC(=O)OCc2ccccc2)C(=O)C(N)=O)cc1.CS(=O)(=O)c1ccc(C(=O)N[C@H](CC2CCCCC2)C(=O)N2C3CCC(C3)[C@H]2C(=O)NC(CCCCNC(=O)OCc2ccccc2)C(O)C(N)=O)cc1. The number of aliphatic hydroxyl groups excluding tert-OH is 1. The Kier molecular flexibility index (Phi) is 30.0. The van der Waals surface area contributed by atoms with Crippen molar-refractivity contribution in [1.29, 1.82) is 0 Å². The van der Waals surface area contributed by atoms with Gasteiger partial charge in [0.1, 0.15) is 37.4 Å².